The van der Waals surface area contributed by atoms with Gasteiger partial charge in [-0.3, -0.25) is 9.59 Å². The summed E-state index contributed by atoms with van der Waals surface area (Å²) in [5.41, 5.74) is 2.84. The number of rotatable bonds is 6. The number of nitrogens with one attached hydrogen (secondary N) is 4. The lowest BCUT2D eigenvalue weighted by molar-refractivity contribution is -0.120. The van der Waals surface area contributed by atoms with Gasteiger partial charge in [-0.05, 0) is 55.8 Å². The van der Waals surface area contributed by atoms with Crippen LogP contribution in [-0.2, 0) is 11.8 Å². The Kier molecular flexibility index (Phi) is 6.36. The Morgan fingerprint density at radius 3 is 2.91 bits per heavy atom. The highest BCUT2D eigenvalue weighted by Crippen LogP contribution is 2.31. The van der Waals surface area contributed by atoms with Crippen LogP contribution in [0.3, 0.4) is 0 Å². The number of carbonyl (C=O) groups excluding carboxylic acids is 2. The number of aryl methyl sites for hydroxylation is 1. The maximum Gasteiger partial charge on any atom is 0.251 e. The molecule has 176 valence electrons. The summed E-state index contributed by atoms with van der Waals surface area (Å²) in [6.07, 6.45) is 1.98. The van der Waals surface area contributed by atoms with Crippen molar-refractivity contribution in [3.63, 3.8) is 0 Å². The van der Waals surface area contributed by atoms with Crippen LogP contribution in [0.1, 0.15) is 23.2 Å². The van der Waals surface area contributed by atoms with Gasteiger partial charge in [0.15, 0.2) is 5.13 Å². The van der Waals surface area contributed by atoms with Crippen molar-refractivity contribution in [2.75, 3.05) is 25.0 Å². The van der Waals surface area contributed by atoms with E-state index < -0.39 is 0 Å². The van der Waals surface area contributed by atoms with E-state index in [0.717, 1.165) is 41.7 Å². The number of aromatic nitrogens is 3. The molecule has 1 fully saturated rings. The Hall–Kier alpha value is -3.21. The van der Waals surface area contributed by atoms with Crippen molar-refractivity contribution < 1.29 is 9.59 Å². The molecule has 3 heterocycles. The molecule has 1 aliphatic heterocycles. The van der Waals surface area contributed by atoms with Crippen molar-refractivity contribution in [3.05, 3.63) is 47.0 Å². The molecule has 0 aliphatic carbocycles. The lowest BCUT2D eigenvalue weighted by Crippen LogP contribution is -2.48. The molecule has 1 atom stereocenters. The fourth-order valence-corrected chi connectivity index (χ4v) is 5.15. The molecule has 1 aliphatic rings. The van der Waals surface area contributed by atoms with E-state index in [1.807, 2.05) is 35.9 Å². The molecule has 4 N–H and O–H groups in total. The first-order valence-electron chi connectivity index (χ1n) is 11.0. The third-order valence-corrected chi connectivity index (χ3v) is 6.95. The average Bonchev–Trinajstić information content (AvgIpc) is 3.37. The van der Waals surface area contributed by atoms with Gasteiger partial charge >= 0.3 is 0 Å². The highest BCUT2D eigenvalue weighted by molar-refractivity contribution is 7.22. The highest BCUT2D eigenvalue weighted by Gasteiger charge is 2.17. The Balaban J connectivity index is 1.26. The van der Waals surface area contributed by atoms with Crippen LogP contribution in [-0.4, -0.2) is 52.0 Å². The molecule has 0 unspecified atom stereocenters. The highest BCUT2D eigenvalue weighted by atomic mass is 35.5. The fourth-order valence-electron chi connectivity index (χ4n) is 4.02. The van der Waals surface area contributed by atoms with E-state index >= 15 is 0 Å². The number of halogens is 1. The number of piperidine rings is 1. The van der Waals surface area contributed by atoms with Gasteiger partial charge in [0, 0.05) is 30.2 Å². The van der Waals surface area contributed by atoms with E-state index in [1.54, 1.807) is 12.1 Å². The first-order chi connectivity index (χ1) is 16.5. The third-order valence-electron chi connectivity index (χ3n) is 5.78. The molecule has 4 aromatic rings. The normalized spacial score (nSPS) is 16.0. The molecule has 5 rings (SSSR count). The summed E-state index contributed by atoms with van der Waals surface area (Å²) >= 11 is 7.56. The van der Waals surface area contributed by atoms with Gasteiger partial charge in [-0.25, -0.2) is 9.97 Å². The van der Waals surface area contributed by atoms with E-state index in [2.05, 4.69) is 31.2 Å². The number of hydrogen-bond donors (Lipinski definition) is 4. The third kappa shape index (κ3) is 4.84. The minimum atomic E-state index is -0.318. The van der Waals surface area contributed by atoms with Gasteiger partial charge in [0.25, 0.3) is 5.91 Å². The zero-order valence-electron chi connectivity index (χ0n) is 18.5. The monoisotopic (exact) mass is 497 g/mol. The van der Waals surface area contributed by atoms with Crippen molar-refractivity contribution in [2.45, 2.75) is 18.9 Å². The zero-order valence-corrected chi connectivity index (χ0v) is 20.1. The van der Waals surface area contributed by atoms with E-state index in [0.29, 0.717) is 27.2 Å². The van der Waals surface area contributed by atoms with Crippen LogP contribution in [0.4, 0.5) is 11.1 Å². The summed E-state index contributed by atoms with van der Waals surface area (Å²) in [6, 6.07) is 11.0. The summed E-state index contributed by atoms with van der Waals surface area (Å²) in [7, 11) is 1.89. The number of amides is 2. The molecule has 1 saturated heterocycles. The van der Waals surface area contributed by atoms with Gasteiger partial charge in [-0.15, -0.1) is 0 Å². The number of carbonyl (C=O) groups is 2. The average molecular weight is 498 g/mol. The maximum absolute atomic E-state index is 12.6. The Bertz CT molecular complexity index is 1380. The van der Waals surface area contributed by atoms with Crippen molar-refractivity contribution in [1.82, 2.24) is 30.5 Å². The predicted molar refractivity (Wildman–Crippen MR) is 135 cm³/mol. The van der Waals surface area contributed by atoms with Crippen LogP contribution >= 0.6 is 22.9 Å². The van der Waals surface area contributed by atoms with Crippen LogP contribution in [0.15, 0.2) is 36.4 Å². The fraction of sp³-hybridized carbons (Fsp3) is 0.304. The van der Waals surface area contributed by atoms with Crippen LogP contribution in [0.2, 0.25) is 5.02 Å². The second-order valence-electron chi connectivity index (χ2n) is 8.25. The van der Waals surface area contributed by atoms with Crippen molar-refractivity contribution in [2.24, 2.45) is 7.05 Å². The van der Waals surface area contributed by atoms with E-state index in [9.17, 15) is 9.59 Å². The van der Waals surface area contributed by atoms with Crippen molar-refractivity contribution in [1.29, 1.82) is 0 Å². The van der Waals surface area contributed by atoms with Gasteiger partial charge in [0.05, 0.1) is 27.8 Å². The van der Waals surface area contributed by atoms with Crippen LogP contribution in [0.25, 0.3) is 21.3 Å². The molecule has 2 amide bonds. The number of thiazole rings is 1. The molecule has 9 nitrogen and oxygen atoms in total. The molecule has 0 bridgehead atoms. The Morgan fingerprint density at radius 1 is 1.21 bits per heavy atom. The van der Waals surface area contributed by atoms with Gasteiger partial charge in [-0.1, -0.05) is 22.9 Å². The Morgan fingerprint density at radius 2 is 2.09 bits per heavy atom. The van der Waals surface area contributed by atoms with Gasteiger partial charge in [0.1, 0.15) is 0 Å². The summed E-state index contributed by atoms with van der Waals surface area (Å²) in [4.78, 5) is 34.0. The standard InChI is InChI=1S/C23H24ClN7O2S/c1-31-18-7-4-13(21(33)26-12-20(32)27-15-3-2-8-25-11-15)9-17(18)28-22(31)30-23-29-16-6-5-14(24)10-19(16)34-23/h4-7,9-10,15,25H,2-3,8,11-12H2,1H3,(H,26,33)(H,27,32)(H,28,29,30)/t15-/m1/s1. The number of fused-ring (bicyclic) bond motifs is 2. The largest absolute Gasteiger partial charge is 0.351 e. The smallest absolute Gasteiger partial charge is 0.251 e. The quantitative estimate of drug-likeness (QED) is 0.325. The van der Waals surface area contributed by atoms with Crippen LogP contribution < -0.4 is 21.3 Å². The number of nitrogens with zero attached hydrogens (tertiary/aromatic N) is 3. The molecule has 34 heavy (non-hydrogen) atoms. The molecule has 0 saturated carbocycles. The number of anilines is 2. The van der Waals surface area contributed by atoms with Crippen LogP contribution in [0.5, 0.6) is 0 Å². The minimum Gasteiger partial charge on any atom is -0.351 e. The lowest BCUT2D eigenvalue weighted by atomic mass is 10.1. The molecule has 0 radical (unpaired) electrons. The molecule has 2 aromatic heterocycles. The molecule has 0 spiro atoms. The van der Waals surface area contributed by atoms with Gasteiger partial charge in [-0.2, -0.15) is 0 Å². The van der Waals surface area contributed by atoms with Crippen molar-refractivity contribution >= 4 is 67.1 Å². The zero-order chi connectivity index (χ0) is 23.7. The summed E-state index contributed by atoms with van der Waals surface area (Å²) in [5, 5.41) is 13.5. The molecular formula is C23H24ClN7O2S. The second kappa shape index (κ2) is 9.57. The van der Waals surface area contributed by atoms with Gasteiger partial charge < -0.3 is 25.8 Å². The van der Waals surface area contributed by atoms with Gasteiger partial charge in [0.2, 0.25) is 11.9 Å². The summed E-state index contributed by atoms with van der Waals surface area (Å²) in [5.74, 6) is 0.102. The maximum atomic E-state index is 12.6. The number of hydrogen-bond acceptors (Lipinski definition) is 7. The molecule has 11 heteroatoms. The topological polar surface area (TPSA) is 113 Å². The van der Waals surface area contributed by atoms with E-state index in [-0.39, 0.29) is 24.4 Å². The van der Waals surface area contributed by atoms with E-state index in [4.69, 9.17) is 11.6 Å². The minimum absolute atomic E-state index is 0.0655. The number of benzene rings is 2. The Labute approximate surface area is 204 Å². The number of imidazole rings is 1. The van der Waals surface area contributed by atoms with E-state index in [1.165, 1.54) is 11.3 Å². The lowest BCUT2D eigenvalue weighted by Gasteiger charge is -2.23. The molecule has 2 aromatic carbocycles. The summed E-state index contributed by atoms with van der Waals surface area (Å²) < 4.78 is 2.89. The second-order valence-corrected chi connectivity index (χ2v) is 9.71. The predicted octanol–water partition coefficient (Wildman–Crippen LogP) is 3.18. The SMILES string of the molecule is Cn1c(Nc2nc3ccc(Cl)cc3s2)nc2cc(C(=O)NCC(=O)N[C@@H]3CCCNC3)ccc21. The molecular weight excluding hydrogens is 474 g/mol. The first-order valence-corrected chi connectivity index (χ1v) is 12.2. The first kappa shape index (κ1) is 22.6. The van der Waals surface area contributed by atoms with Crippen LogP contribution in [0, 0.1) is 0 Å². The summed E-state index contributed by atoms with van der Waals surface area (Å²) in [6.45, 7) is 1.67. The van der Waals surface area contributed by atoms with Crippen molar-refractivity contribution in [3.8, 4) is 0 Å².